The average molecular weight is 259 g/mol. The van der Waals surface area contributed by atoms with Gasteiger partial charge in [-0.2, -0.15) is 0 Å². The minimum atomic E-state index is -0.360. The fraction of sp³-hybridized carbons (Fsp3) is 0.250. The van der Waals surface area contributed by atoms with Crippen molar-refractivity contribution in [3.8, 4) is 0 Å². The van der Waals surface area contributed by atoms with E-state index >= 15 is 0 Å². The van der Waals surface area contributed by atoms with Gasteiger partial charge >= 0.3 is 0 Å². The van der Waals surface area contributed by atoms with Crippen LogP contribution in [0.4, 0.5) is 5.95 Å². The molecule has 2 N–H and O–H groups in total. The number of imidazole rings is 1. The zero-order chi connectivity index (χ0) is 12.8. The lowest BCUT2D eigenvalue weighted by Crippen LogP contribution is -2.29. The second-order valence-corrected chi connectivity index (χ2v) is 5.44. The standard InChI is InChI=1S/C12H13N5S/c1-12(2,10-15-6-7-18-10)17-9-8(16-11(17)13)4-3-5-14-9/h3-7H,1-2H3,(H2,13,16). The molecule has 0 aliphatic rings. The first-order valence-corrected chi connectivity index (χ1v) is 6.48. The Labute approximate surface area is 108 Å². The summed E-state index contributed by atoms with van der Waals surface area (Å²) >= 11 is 1.60. The van der Waals surface area contributed by atoms with Gasteiger partial charge in [0.1, 0.15) is 10.5 Å². The highest BCUT2D eigenvalue weighted by Crippen LogP contribution is 2.32. The zero-order valence-corrected chi connectivity index (χ0v) is 11.0. The van der Waals surface area contributed by atoms with Gasteiger partial charge in [-0.1, -0.05) is 0 Å². The predicted octanol–water partition coefficient (Wildman–Crippen LogP) is 2.25. The van der Waals surface area contributed by atoms with Crippen LogP contribution in [0.2, 0.25) is 0 Å². The Hall–Kier alpha value is -1.95. The molecule has 92 valence electrons. The van der Waals surface area contributed by atoms with Gasteiger partial charge in [0.15, 0.2) is 5.65 Å². The van der Waals surface area contributed by atoms with E-state index in [-0.39, 0.29) is 5.54 Å². The van der Waals surface area contributed by atoms with Crippen LogP contribution in [0.25, 0.3) is 11.2 Å². The van der Waals surface area contributed by atoms with E-state index in [0.29, 0.717) is 5.95 Å². The smallest absolute Gasteiger partial charge is 0.203 e. The van der Waals surface area contributed by atoms with E-state index in [4.69, 9.17) is 5.73 Å². The maximum Gasteiger partial charge on any atom is 0.203 e. The Bertz CT molecular complexity index is 684. The van der Waals surface area contributed by atoms with Crippen molar-refractivity contribution in [1.82, 2.24) is 19.5 Å². The number of aromatic nitrogens is 4. The molecule has 6 heteroatoms. The Morgan fingerprint density at radius 3 is 2.83 bits per heavy atom. The fourth-order valence-corrected chi connectivity index (χ4v) is 2.85. The van der Waals surface area contributed by atoms with Crippen molar-refractivity contribution in [2.24, 2.45) is 0 Å². The molecular weight excluding hydrogens is 246 g/mol. The molecule has 0 unspecified atom stereocenters. The van der Waals surface area contributed by atoms with Gasteiger partial charge in [-0.05, 0) is 26.0 Å². The van der Waals surface area contributed by atoms with Crippen molar-refractivity contribution in [3.63, 3.8) is 0 Å². The second kappa shape index (κ2) is 3.78. The van der Waals surface area contributed by atoms with Crippen molar-refractivity contribution >= 4 is 28.4 Å². The summed E-state index contributed by atoms with van der Waals surface area (Å²) in [5.41, 5.74) is 7.27. The molecule has 0 aromatic carbocycles. The summed E-state index contributed by atoms with van der Waals surface area (Å²) in [5.74, 6) is 0.462. The monoisotopic (exact) mass is 259 g/mol. The Balaban J connectivity index is 2.29. The highest BCUT2D eigenvalue weighted by molar-refractivity contribution is 7.09. The molecular formula is C12H13N5S. The number of hydrogen-bond acceptors (Lipinski definition) is 5. The largest absolute Gasteiger partial charge is 0.369 e. The molecule has 0 spiro atoms. The lowest BCUT2D eigenvalue weighted by atomic mass is 10.1. The lowest BCUT2D eigenvalue weighted by Gasteiger charge is -2.25. The minimum absolute atomic E-state index is 0.360. The van der Waals surface area contributed by atoms with Crippen molar-refractivity contribution < 1.29 is 0 Å². The van der Waals surface area contributed by atoms with Gasteiger partial charge in [0, 0.05) is 17.8 Å². The third kappa shape index (κ3) is 1.49. The number of pyridine rings is 1. The molecule has 0 saturated carbocycles. The maximum atomic E-state index is 6.03. The Morgan fingerprint density at radius 2 is 2.11 bits per heavy atom. The number of rotatable bonds is 2. The summed E-state index contributed by atoms with van der Waals surface area (Å²) in [4.78, 5) is 13.1. The Kier molecular flexibility index (Phi) is 2.34. The van der Waals surface area contributed by atoms with Gasteiger partial charge in [-0.15, -0.1) is 11.3 Å². The number of thiazole rings is 1. The molecule has 3 aromatic rings. The zero-order valence-electron chi connectivity index (χ0n) is 10.2. The lowest BCUT2D eigenvalue weighted by molar-refractivity contribution is 0.450. The highest BCUT2D eigenvalue weighted by atomic mass is 32.1. The van der Waals surface area contributed by atoms with E-state index in [2.05, 4.69) is 28.8 Å². The normalized spacial score (nSPS) is 12.1. The van der Waals surface area contributed by atoms with Crippen LogP contribution >= 0.6 is 11.3 Å². The topological polar surface area (TPSA) is 69.6 Å². The molecule has 0 aliphatic carbocycles. The van der Waals surface area contributed by atoms with Crippen LogP contribution in [0, 0.1) is 0 Å². The minimum Gasteiger partial charge on any atom is -0.369 e. The molecule has 0 bridgehead atoms. The molecule has 0 amide bonds. The first-order chi connectivity index (χ1) is 8.60. The predicted molar refractivity (Wildman–Crippen MR) is 72.5 cm³/mol. The summed E-state index contributed by atoms with van der Waals surface area (Å²) < 4.78 is 1.93. The molecule has 3 aromatic heterocycles. The second-order valence-electron chi connectivity index (χ2n) is 4.55. The van der Waals surface area contributed by atoms with Crippen LogP contribution in [0.5, 0.6) is 0 Å². The quantitative estimate of drug-likeness (QED) is 0.766. The fourth-order valence-electron chi connectivity index (χ4n) is 2.10. The van der Waals surface area contributed by atoms with Crippen LogP contribution in [-0.2, 0) is 5.54 Å². The van der Waals surface area contributed by atoms with Gasteiger partial charge in [0.05, 0.1) is 5.54 Å². The van der Waals surface area contributed by atoms with Crippen LogP contribution < -0.4 is 5.73 Å². The van der Waals surface area contributed by atoms with Crippen molar-refractivity contribution in [2.75, 3.05) is 5.73 Å². The summed E-state index contributed by atoms with van der Waals surface area (Å²) in [5, 5.41) is 2.94. The number of hydrogen-bond donors (Lipinski definition) is 1. The van der Waals surface area contributed by atoms with Crippen molar-refractivity contribution in [3.05, 3.63) is 34.9 Å². The summed E-state index contributed by atoms with van der Waals surface area (Å²) in [6.45, 7) is 4.13. The van der Waals surface area contributed by atoms with Crippen LogP contribution in [-0.4, -0.2) is 19.5 Å². The van der Waals surface area contributed by atoms with Gasteiger partial charge in [-0.25, -0.2) is 15.0 Å². The van der Waals surface area contributed by atoms with Crippen LogP contribution in [0.3, 0.4) is 0 Å². The van der Waals surface area contributed by atoms with Crippen molar-refractivity contribution in [1.29, 1.82) is 0 Å². The molecule has 0 atom stereocenters. The molecule has 0 radical (unpaired) electrons. The van der Waals surface area contributed by atoms with Crippen LogP contribution in [0.15, 0.2) is 29.9 Å². The molecule has 0 saturated heterocycles. The first-order valence-electron chi connectivity index (χ1n) is 5.60. The van der Waals surface area contributed by atoms with Crippen LogP contribution in [0.1, 0.15) is 18.9 Å². The van der Waals surface area contributed by atoms with Gasteiger partial charge in [-0.3, -0.25) is 4.57 Å². The SMILES string of the molecule is CC(C)(c1nccs1)n1c(N)nc2cccnc21. The molecule has 0 aliphatic heterocycles. The third-order valence-corrected chi connectivity index (χ3v) is 4.04. The van der Waals surface area contributed by atoms with E-state index in [0.717, 1.165) is 16.2 Å². The highest BCUT2D eigenvalue weighted by Gasteiger charge is 2.30. The molecule has 0 fully saturated rings. The first kappa shape index (κ1) is 11.2. The van der Waals surface area contributed by atoms with Gasteiger partial charge in [0.2, 0.25) is 5.95 Å². The number of nitrogens with two attached hydrogens (primary N) is 1. The van der Waals surface area contributed by atoms with E-state index in [1.165, 1.54) is 0 Å². The summed E-state index contributed by atoms with van der Waals surface area (Å²) in [6.07, 6.45) is 3.54. The van der Waals surface area contributed by atoms with Gasteiger partial charge in [0.25, 0.3) is 0 Å². The summed E-state index contributed by atoms with van der Waals surface area (Å²) in [7, 11) is 0. The average Bonchev–Trinajstić information content (AvgIpc) is 2.94. The number of nitrogen functional groups attached to an aromatic ring is 1. The summed E-state index contributed by atoms with van der Waals surface area (Å²) in [6, 6.07) is 3.77. The van der Waals surface area contributed by atoms with E-state index in [1.807, 2.05) is 22.1 Å². The van der Waals surface area contributed by atoms with Gasteiger partial charge < -0.3 is 5.73 Å². The van der Waals surface area contributed by atoms with E-state index in [1.54, 1.807) is 23.7 Å². The Morgan fingerprint density at radius 1 is 1.28 bits per heavy atom. The number of fused-ring (bicyclic) bond motifs is 1. The molecule has 3 rings (SSSR count). The maximum absolute atomic E-state index is 6.03. The van der Waals surface area contributed by atoms with E-state index < -0.39 is 0 Å². The number of nitrogens with zero attached hydrogens (tertiary/aromatic N) is 4. The third-order valence-electron chi connectivity index (χ3n) is 2.96. The molecule has 3 heterocycles. The number of anilines is 1. The van der Waals surface area contributed by atoms with Crippen molar-refractivity contribution in [2.45, 2.75) is 19.4 Å². The molecule has 5 nitrogen and oxygen atoms in total. The van der Waals surface area contributed by atoms with E-state index in [9.17, 15) is 0 Å². The molecule has 18 heavy (non-hydrogen) atoms.